The van der Waals surface area contributed by atoms with Gasteiger partial charge in [0.1, 0.15) is 0 Å². The molecule has 1 aliphatic carbocycles. The lowest BCUT2D eigenvalue weighted by Crippen LogP contribution is -2.55. The Morgan fingerprint density at radius 2 is 1.86 bits per heavy atom. The molecule has 0 saturated heterocycles. The number of hydrogen-bond acceptors (Lipinski definition) is 2. The number of rotatable bonds is 0. The lowest BCUT2D eigenvalue weighted by atomic mass is 9.72. The van der Waals surface area contributed by atoms with Gasteiger partial charge in [-0.25, -0.2) is 0 Å². The summed E-state index contributed by atoms with van der Waals surface area (Å²) >= 11 is 0. The lowest BCUT2D eigenvalue weighted by Gasteiger charge is -2.39. The number of nitrogens with two attached hydrogens (primary N) is 2. The third kappa shape index (κ3) is 2.07. The van der Waals surface area contributed by atoms with Gasteiger partial charge in [-0.05, 0) is 24.8 Å². The van der Waals surface area contributed by atoms with Gasteiger partial charge >= 0.3 is 0 Å². The topological polar surface area (TPSA) is 52.0 Å². The number of allylic oxidation sites excluding steroid dienone is 2. The zero-order chi connectivity index (χ0) is 11.1. The smallest absolute Gasteiger partial charge is 0.0509 e. The molecule has 14 heavy (non-hydrogen) atoms. The van der Waals surface area contributed by atoms with Crippen LogP contribution in [0.2, 0.25) is 0 Å². The predicted molar refractivity (Wildman–Crippen MR) is 61.9 cm³/mol. The zero-order valence-corrected chi connectivity index (χ0v) is 9.89. The highest BCUT2D eigenvalue weighted by Gasteiger charge is 2.35. The van der Waals surface area contributed by atoms with Crippen LogP contribution in [0, 0.1) is 5.41 Å². The van der Waals surface area contributed by atoms with Gasteiger partial charge in [0.2, 0.25) is 0 Å². The molecule has 1 rings (SSSR count). The molecular formula is C12H22N2. The van der Waals surface area contributed by atoms with E-state index < -0.39 is 5.54 Å². The molecule has 2 nitrogen and oxygen atoms in total. The van der Waals surface area contributed by atoms with E-state index in [1.807, 2.05) is 13.0 Å². The molecule has 0 spiro atoms. The second kappa shape index (κ2) is 3.21. The van der Waals surface area contributed by atoms with E-state index in [0.29, 0.717) is 0 Å². The van der Waals surface area contributed by atoms with Gasteiger partial charge in [-0.15, -0.1) is 0 Å². The largest absolute Gasteiger partial charge is 0.322 e. The highest BCUT2D eigenvalue weighted by atomic mass is 14.8. The molecule has 1 aliphatic rings. The lowest BCUT2D eigenvalue weighted by molar-refractivity contribution is 0.393. The molecule has 0 fully saturated rings. The molecule has 0 aromatic rings. The summed E-state index contributed by atoms with van der Waals surface area (Å²) < 4.78 is 0. The summed E-state index contributed by atoms with van der Waals surface area (Å²) in [5.41, 5.74) is 14.4. The van der Waals surface area contributed by atoms with Crippen LogP contribution in [0.25, 0.3) is 0 Å². The second-order valence-electron chi connectivity index (χ2n) is 5.58. The van der Waals surface area contributed by atoms with Crippen molar-refractivity contribution in [1.82, 2.24) is 0 Å². The van der Waals surface area contributed by atoms with Crippen molar-refractivity contribution < 1.29 is 0 Å². The van der Waals surface area contributed by atoms with E-state index in [1.165, 1.54) is 11.1 Å². The zero-order valence-electron chi connectivity index (χ0n) is 9.89. The van der Waals surface area contributed by atoms with Gasteiger partial charge in [0, 0.05) is 6.04 Å². The van der Waals surface area contributed by atoms with Gasteiger partial charge in [0.15, 0.2) is 0 Å². The van der Waals surface area contributed by atoms with E-state index in [9.17, 15) is 0 Å². The highest BCUT2D eigenvalue weighted by Crippen LogP contribution is 2.35. The maximum atomic E-state index is 6.17. The van der Waals surface area contributed by atoms with Crippen molar-refractivity contribution >= 4 is 0 Å². The molecule has 0 bridgehead atoms. The molecule has 2 unspecified atom stereocenters. The Bertz CT molecular complexity index is 290. The summed E-state index contributed by atoms with van der Waals surface area (Å²) in [5.74, 6) is 0. The van der Waals surface area contributed by atoms with Crippen LogP contribution < -0.4 is 11.5 Å². The van der Waals surface area contributed by atoms with E-state index in [0.717, 1.165) is 0 Å². The van der Waals surface area contributed by atoms with Gasteiger partial charge in [0.25, 0.3) is 0 Å². The van der Waals surface area contributed by atoms with Crippen molar-refractivity contribution in [3.8, 4) is 0 Å². The first kappa shape index (κ1) is 11.5. The maximum Gasteiger partial charge on any atom is 0.0509 e. The molecule has 0 saturated carbocycles. The summed E-state index contributed by atoms with van der Waals surface area (Å²) in [4.78, 5) is 0. The fourth-order valence-corrected chi connectivity index (χ4v) is 1.98. The van der Waals surface area contributed by atoms with Crippen molar-refractivity contribution in [3.05, 3.63) is 23.3 Å². The van der Waals surface area contributed by atoms with Crippen molar-refractivity contribution in [1.29, 1.82) is 0 Å². The van der Waals surface area contributed by atoms with Gasteiger partial charge in [-0.3, -0.25) is 0 Å². The monoisotopic (exact) mass is 194 g/mol. The third-order valence-electron chi connectivity index (χ3n) is 2.79. The van der Waals surface area contributed by atoms with Crippen LogP contribution in [0.3, 0.4) is 0 Å². The number of hydrogen-bond donors (Lipinski definition) is 2. The molecule has 0 amide bonds. The van der Waals surface area contributed by atoms with Crippen molar-refractivity contribution in [2.45, 2.75) is 46.2 Å². The summed E-state index contributed by atoms with van der Waals surface area (Å²) in [6.45, 7) is 10.6. The second-order valence-corrected chi connectivity index (χ2v) is 5.58. The third-order valence-corrected chi connectivity index (χ3v) is 2.79. The fraction of sp³-hybridized carbons (Fsp3) is 0.667. The minimum absolute atomic E-state index is 0.0776. The van der Waals surface area contributed by atoms with Gasteiger partial charge in [0.05, 0.1) is 5.54 Å². The molecule has 80 valence electrons. The van der Waals surface area contributed by atoms with E-state index in [-0.39, 0.29) is 11.5 Å². The van der Waals surface area contributed by atoms with Crippen molar-refractivity contribution in [3.63, 3.8) is 0 Å². The Morgan fingerprint density at radius 3 is 2.29 bits per heavy atom. The first-order chi connectivity index (χ1) is 6.14. The van der Waals surface area contributed by atoms with Crippen LogP contribution in [0.4, 0.5) is 0 Å². The van der Waals surface area contributed by atoms with Gasteiger partial charge < -0.3 is 11.5 Å². The molecule has 0 aliphatic heterocycles. The molecule has 2 atom stereocenters. The minimum atomic E-state index is -0.415. The molecular weight excluding hydrogens is 172 g/mol. The van der Waals surface area contributed by atoms with Crippen LogP contribution in [0.5, 0.6) is 0 Å². The summed E-state index contributed by atoms with van der Waals surface area (Å²) in [6.07, 6.45) is 4.21. The van der Waals surface area contributed by atoms with Crippen molar-refractivity contribution in [2.75, 3.05) is 0 Å². The molecule has 0 heterocycles. The van der Waals surface area contributed by atoms with Crippen LogP contribution in [-0.4, -0.2) is 11.6 Å². The van der Waals surface area contributed by atoms with Crippen LogP contribution >= 0.6 is 0 Å². The van der Waals surface area contributed by atoms with Gasteiger partial charge in [-0.1, -0.05) is 38.5 Å². The molecule has 0 radical (unpaired) electrons. The normalized spacial score (nSPS) is 33.8. The predicted octanol–water partition coefficient (Wildman–Crippen LogP) is 1.96. The fourth-order valence-electron chi connectivity index (χ4n) is 1.98. The highest BCUT2D eigenvalue weighted by molar-refractivity contribution is 5.40. The SMILES string of the molecule is CC1=CC(C)(N)C(N)C(C(C)(C)C)=C1. The van der Waals surface area contributed by atoms with Gasteiger partial charge in [-0.2, -0.15) is 0 Å². The summed E-state index contributed by atoms with van der Waals surface area (Å²) in [6, 6.07) is -0.0776. The Labute approximate surface area is 87.0 Å². The molecule has 4 N–H and O–H groups in total. The molecule has 2 heteroatoms. The quantitative estimate of drug-likeness (QED) is 0.619. The van der Waals surface area contributed by atoms with E-state index in [4.69, 9.17) is 11.5 Å². The van der Waals surface area contributed by atoms with Crippen molar-refractivity contribution in [2.24, 2.45) is 16.9 Å². The maximum absolute atomic E-state index is 6.17. The van der Waals surface area contributed by atoms with E-state index in [1.54, 1.807) is 0 Å². The Balaban J connectivity index is 3.15. The van der Waals surface area contributed by atoms with E-state index in [2.05, 4.69) is 33.8 Å². The summed E-state index contributed by atoms with van der Waals surface area (Å²) in [5, 5.41) is 0. The Hall–Kier alpha value is -0.600. The first-order valence-corrected chi connectivity index (χ1v) is 5.10. The van der Waals surface area contributed by atoms with Crippen LogP contribution in [-0.2, 0) is 0 Å². The summed E-state index contributed by atoms with van der Waals surface area (Å²) in [7, 11) is 0. The first-order valence-electron chi connectivity index (χ1n) is 5.10. The Kier molecular flexibility index (Phi) is 2.63. The minimum Gasteiger partial charge on any atom is -0.322 e. The van der Waals surface area contributed by atoms with Crippen LogP contribution in [0.15, 0.2) is 23.3 Å². The van der Waals surface area contributed by atoms with E-state index >= 15 is 0 Å². The average molecular weight is 194 g/mol. The molecule has 0 aromatic carbocycles. The molecule has 0 aromatic heterocycles. The Morgan fingerprint density at radius 1 is 1.36 bits per heavy atom. The average Bonchev–Trinajstić information content (AvgIpc) is 1.93. The van der Waals surface area contributed by atoms with Crippen LogP contribution in [0.1, 0.15) is 34.6 Å². The standard InChI is InChI=1S/C12H22N2/c1-8-6-9(11(2,3)4)10(13)12(5,14)7-8/h6-7,10H,13-14H2,1-5H3.